The van der Waals surface area contributed by atoms with Crippen LogP contribution in [0.3, 0.4) is 0 Å². The van der Waals surface area contributed by atoms with E-state index in [0.717, 1.165) is 0 Å². The molecule has 0 aliphatic heterocycles. The lowest BCUT2D eigenvalue weighted by atomic mass is 10.1. The van der Waals surface area contributed by atoms with Crippen LogP contribution < -0.4 is 4.74 Å². The zero-order valence-corrected chi connectivity index (χ0v) is 12.8. The van der Waals surface area contributed by atoms with Crippen LogP contribution in [-0.4, -0.2) is 12.6 Å². The van der Waals surface area contributed by atoms with Gasteiger partial charge < -0.3 is 9.47 Å². The Bertz CT molecular complexity index is 913. The number of halogens is 3. The first-order valence-electron chi connectivity index (χ1n) is 6.90. The van der Waals surface area contributed by atoms with Gasteiger partial charge in [-0.25, -0.2) is 13.6 Å². The van der Waals surface area contributed by atoms with E-state index in [0.29, 0.717) is 0 Å². The van der Waals surface area contributed by atoms with Gasteiger partial charge in [0.1, 0.15) is 29.0 Å². The Hall–Kier alpha value is -3.52. The molecule has 0 heterocycles. The highest BCUT2D eigenvalue weighted by molar-refractivity contribution is 5.89. The third-order valence-corrected chi connectivity index (χ3v) is 3.09. The highest BCUT2D eigenvalue weighted by Gasteiger charge is 2.27. The lowest BCUT2D eigenvalue weighted by Crippen LogP contribution is -2.05. The lowest BCUT2D eigenvalue weighted by Gasteiger charge is -2.11. The highest BCUT2D eigenvalue weighted by Crippen LogP contribution is 2.33. The summed E-state index contributed by atoms with van der Waals surface area (Å²) in [5, 5.41) is 17.6. The molecule has 2 rings (SSSR count). The van der Waals surface area contributed by atoms with Gasteiger partial charge in [-0.05, 0) is 31.2 Å². The Kier molecular flexibility index (Phi) is 5.25. The summed E-state index contributed by atoms with van der Waals surface area (Å²) in [5.41, 5.74) is -1.82. The molecule has 2 aromatic rings. The predicted octanol–water partition coefficient (Wildman–Crippen LogP) is 3.82. The molecule has 0 fully saturated rings. The number of carbonyl (C=O) groups is 1. The van der Waals surface area contributed by atoms with Crippen molar-refractivity contribution in [2.45, 2.75) is 6.92 Å². The Labute approximate surface area is 140 Å². The average molecular weight is 346 g/mol. The summed E-state index contributed by atoms with van der Waals surface area (Å²) < 4.78 is 51.6. The molecule has 0 radical (unpaired) electrons. The molecule has 0 N–H and O–H groups in total. The number of nitriles is 2. The van der Waals surface area contributed by atoms with Gasteiger partial charge in [0.15, 0.2) is 11.6 Å². The first kappa shape index (κ1) is 17.8. The zero-order chi connectivity index (χ0) is 18.6. The highest BCUT2D eigenvalue weighted by atomic mass is 19.2. The SMILES string of the molecule is CCOC(=O)c1ccc(Oc2c(F)c(F)c(C#N)c(C#N)c2F)cc1. The molecule has 0 unspecified atom stereocenters. The maximum atomic E-state index is 14.2. The molecule has 25 heavy (non-hydrogen) atoms. The number of nitrogens with zero attached hydrogens (tertiary/aromatic N) is 2. The second kappa shape index (κ2) is 7.37. The lowest BCUT2D eigenvalue weighted by molar-refractivity contribution is 0.0526. The molecule has 0 saturated carbocycles. The average Bonchev–Trinajstić information content (AvgIpc) is 2.62. The fourth-order valence-electron chi connectivity index (χ4n) is 1.93. The maximum Gasteiger partial charge on any atom is 0.338 e. The summed E-state index contributed by atoms with van der Waals surface area (Å²) in [7, 11) is 0. The number of esters is 1. The first-order valence-corrected chi connectivity index (χ1v) is 6.90. The fourth-order valence-corrected chi connectivity index (χ4v) is 1.93. The molecule has 8 heteroatoms. The van der Waals surface area contributed by atoms with E-state index in [9.17, 15) is 18.0 Å². The molecular weight excluding hydrogens is 337 g/mol. The molecule has 0 aliphatic carbocycles. The van der Waals surface area contributed by atoms with Crippen molar-refractivity contribution in [3.05, 3.63) is 58.4 Å². The van der Waals surface area contributed by atoms with Crippen LogP contribution in [0.5, 0.6) is 11.5 Å². The minimum absolute atomic E-state index is 0.112. The Morgan fingerprint density at radius 3 is 2.08 bits per heavy atom. The number of hydrogen-bond acceptors (Lipinski definition) is 5. The Balaban J connectivity index is 2.42. The first-order chi connectivity index (χ1) is 11.9. The smallest absolute Gasteiger partial charge is 0.338 e. The van der Waals surface area contributed by atoms with Gasteiger partial charge in [-0.1, -0.05) is 0 Å². The minimum Gasteiger partial charge on any atom is -0.462 e. The summed E-state index contributed by atoms with van der Waals surface area (Å²) in [6.07, 6.45) is 0. The van der Waals surface area contributed by atoms with Gasteiger partial charge >= 0.3 is 5.97 Å². The monoisotopic (exact) mass is 346 g/mol. The fraction of sp³-hybridized carbons (Fsp3) is 0.118. The molecule has 126 valence electrons. The van der Waals surface area contributed by atoms with Crippen molar-refractivity contribution in [2.24, 2.45) is 0 Å². The van der Waals surface area contributed by atoms with Gasteiger partial charge in [0.2, 0.25) is 11.6 Å². The predicted molar refractivity (Wildman–Crippen MR) is 78.2 cm³/mol. The standard InChI is InChI=1S/C17H9F3N2O3/c1-2-24-17(23)9-3-5-10(6-4-9)25-16-14(19)12(8-22)11(7-21)13(18)15(16)20/h3-6H,2H2,1H3. The molecule has 0 bridgehead atoms. The van der Waals surface area contributed by atoms with E-state index in [1.165, 1.54) is 36.4 Å². The van der Waals surface area contributed by atoms with Gasteiger partial charge in [0.25, 0.3) is 0 Å². The normalized spacial score (nSPS) is 9.84. The van der Waals surface area contributed by atoms with Gasteiger partial charge in [0, 0.05) is 0 Å². The second-order valence-corrected chi connectivity index (χ2v) is 4.59. The van der Waals surface area contributed by atoms with E-state index >= 15 is 0 Å². The maximum absolute atomic E-state index is 14.2. The molecule has 2 aromatic carbocycles. The Morgan fingerprint density at radius 2 is 1.56 bits per heavy atom. The third-order valence-electron chi connectivity index (χ3n) is 3.09. The number of hydrogen-bond donors (Lipinski definition) is 0. The van der Waals surface area contributed by atoms with E-state index in [1.54, 1.807) is 6.92 Å². The Morgan fingerprint density at radius 1 is 1.00 bits per heavy atom. The van der Waals surface area contributed by atoms with Crippen molar-refractivity contribution in [1.82, 2.24) is 0 Å². The van der Waals surface area contributed by atoms with Crippen LogP contribution >= 0.6 is 0 Å². The minimum atomic E-state index is -1.73. The third kappa shape index (κ3) is 3.38. The van der Waals surface area contributed by atoms with Crippen molar-refractivity contribution >= 4 is 5.97 Å². The summed E-state index contributed by atoms with van der Waals surface area (Å²) in [6, 6.07) is 7.54. The molecule has 0 spiro atoms. The van der Waals surface area contributed by atoms with Crippen LogP contribution in [0.25, 0.3) is 0 Å². The van der Waals surface area contributed by atoms with Gasteiger partial charge in [-0.15, -0.1) is 0 Å². The van der Waals surface area contributed by atoms with Crippen molar-refractivity contribution < 1.29 is 27.4 Å². The van der Waals surface area contributed by atoms with Crippen molar-refractivity contribution in [1.29, 1.82) is 10.5 Å². The molecule has 0 saturated heterocycles. The molecule has 0 amide bonds. The van der Waals surface area contributed by atoms with Crippen LogP contribution in [0.15, 0.2) is 24.3 Å². The van der Waals surface area contributed by atoms with Crippen molar-refractivity contribution in [3.8, 4) is 23.6 Å². The van der Waals surface area contributed by atoms with E-state index < -0.39 is 40.3 Å². The van der Waals surface area contributed by atoms with E-state index in [4.69, 9.17) is 20.0 Å². The van der Waals surface area contributed by atoms with Crippen LogP contribution in [-0.2, 0) is 4.74 Å². The largest absolute Gasteiger partial charge is 0.462 e. The molecule has 0 aromatic heterocycles. The van der Waals surface area contributed by atoms with Crippen molar-refractivity contribution in [2.75, 3.05) is 6.61 Å². The van der Waals surface area contributed by atoms with Gasteiger partial charge in [0.05, 0.1) is 12.2 Å². The number of rotatable bonds is 4. The van der Waals surface area contributed by atoms with Gasteiger partial charge in [-0.2, -0.15) is 14.9 Å². The second-order valence-electron chi connectivity index (χ2n) is 4.59. The van der Waals surface area contributed by atoms with Crippen LogP contribution in [0.2, 0.25) is 0 Å². The number of benzene rings is 2. The van der Waals surface area contributed by atoms with E-state index in [1.807, 2.05) is 0 Å². The quantitative estimate of drug-likeness (QED) is 0.621. The van der Waals surface area contributed by atoms with E-state index in [-0.39, 0.29) is 17.9 Å². The van der Waals surface area contributed by atoms with Crippen LogP contribution in [0.4, 0.5) is 13.2 Å². The summed E-state index contributed by atoms with van der Waals surface area (Å²) in [4.78, 5) is 11.5. The van der Waals surface area contributed by atoms with E-state index in [2.05, 4.69) is 0 Å². The summed E-state index contributed by atoms with van der Waals surface area (Å²) in [5.74, 6) is -6.77. The van der Waals surface area contributed by atoms with Crippen LogP contribution in [0.1, 0.15) is 28.4 Å². The van der Waals surface area contributed by atoms with Gasteiger partial charge in [-0.3, -0.25) is 0 Å². The summed E-state index contributed by atoms with van der Waals surface area (Å²) >= 11 is 0. The molecule has 5 nitrogen and oxygen atoms in total. The number of ether oxygens (including phenoxy) is 2. The van der Waals surface area contributed by atoms with Crippen LogP contribution in [0, 0.1) is 40.1 Å². The molecular formula is C17H9F3N2O3. The molecule has 0 atom stereocenters. The molecule has 0 aliphatic rings. The summed E-state index contributed by atoms with van der Waals surface area (Å²) in [6.45, 7) is 1.81. The topological polar surface area (TPSA) is 83.1 Å². The zero-order valence-electron chi connectivity index (χ0n) is 12.8. The number of carbonyl (C=O) groups excluding carboxylic acids is 1. The van der Waals surface area contributed by atoms with Crippen molar-refractivity contribution in [3.63, 3.8) is 0 Å².